The Morgan fingerprint density at radius 2 is 2.29 bits per heavy atom. The van der Waals surface area contributed by atoms with Gasteiger partial charge in [-0.3, -0.25) is 4.98 Å². The molecule has 0 saturated heterocycles. The normalized spacial score (nSPS) is 12.0. The molecule has 0 spiro atoms. The van der Waals surface area contributed by atoms with Crippen molar-refractivity contribution in [2.45, 2.75) is 13.0 Å². The molecule has 21 heavy (non-hydrogen) atoms. The molecule has 0 radical (unpaired) electrons. The monoisotopic (exact) mass is 301 g/mol. The Morgan fingerprint density at radius 1 is 1.38 bits per heavy atom. The van der Waals surface area contributed by atoms with Crippen LogP contribution in [0.4, 0.5) is 0 Å². The van der Waals surface area contributed by atoms with E-state index in [1.807, 2.05) is 11.4 Å². The van der Waals surface area contributed by atoms with Gasteiger partial charge in [0.25, 0.3) is 5.89 Å². The van der Waals surface area contributed by atoms with Gasteiger partial charge < -0.3 is 9.26 Å². The summed E-state index contributed by atoms with van der Waals surface area (Å²) in [6, 6.07) is 7.10. The number of aromatic nitrogens is 3. The lowest BCUT2D eigenvalue weighted by atomic mass is 10.3. The number of rotatable bonds is 4. The van der Waals surface area contributed by atoms with Crippen LogP contribution in [-0.2, 0) is 4.74 Å². The second-order valence-electron chi connectivity index (χ2n) is 4.22. The summed E-state index contributed by atoms with van der Waals surface area (Å²) in [4.78, 5) is 20.6. The van der Waals surface area contributed by atoms with Crippen molar-refractivity contribution < 1.29 is 14.1 Å². The van der Waals surface area contributed by atoms with Crippen molar-refractivity contribution >= 4 is 17.3 Å². The SMILES string of the molecule is CC(OC(=O)c1cccs1)c1nc(-c2cccnc2)no1. The van der Waals surface area contributed by atoms with Gasteiger partial charge in [-0.15, -0.1) is 11.3 Å². The first kappa shape index (κ1) is 13.4. The van der Waals surface area contributed by atoms with Crippen LogP contribution >= 0.6 is 11.3 Å². The molecule has 0 aliphatic rings. The van der Waals surface area contributed by atoms with Gasteiger partial charge in [0.2, 0.25) is 5.82 Å². The van der Waals surface area contributed by atoms with E-state index in [1.165, 1.54) is 11.3 Å². The Bertz CT molecular complexity index is 725. The van der Waals surface area contributed by atoms with Crippen molar-refractivity contribution in [2.24, 2.45) is 0 Å². The molecule has 1 unspecified atom stereocenters. The van der Waals surface area contributed by atoms with Crippen molar-refractivity contribution in [3.05, 3.63) is 52.8 Å². The fraction of sp³-hybridized carbons (Fsp3) is 0.143. The third-order valence-corrected chi connectivity index (χ3v) is 3.57. The third kappa shape index (κ3) is 2.97. The maximum atomic E-state index is 11.9. The summed E-state index contributed by atoms with van der Waals surface area (Å²) in [7, 11) is 0. The molecule has 0 fully saturated rings. The second kappa shape index (κ2) is 5.84. The quantitative estimate of drug-likeness (QED) is 0.689. The van der Waals surface area contributed by atoms with Crippen LogP contribution in [0.1, 0.15) is 28.6 Å². The number of thiophene rings is 1. The lowest BCUT2D eigenvalue weighted by molar-refractivity contribution is 0.0271. The lowest BCUT2D eigenvalue weighted by Gasteiger charge is -2.07. The van der Waals surface area contributed by atoms with Gasteiger partial charge in [0, 0.05) is 18.0 Å². The van der Waals surface area contributed by atoms with Gasteiger partial charge in [-0.1, -0.05) is 11.2 Å². The highest BCUT2D eigenvalue weighted by atomic mass is 32.1. The molecule has 3 aromatic rings. The number of ether oxygens (including phenoxy) is 1. The molecule has 0 amide bonds. The molecular formula is C14H11N3O3S. The molecule has 0 aliphatic heterocycles. The number of pyridine rings is 1. The van der Waals surface area contributed by atoms with Crippen molar-refractivity contribution in [3.8, 4) is 11.4 Å². The molecule has 7 heteroatoms. The molecule has 1 atom stereocenters. The largest absolute Gasteiger partial charge is 0.448 e. The van der Waals surface area contributed by atoms with E-state index in [2.05, 4.69) is 15.1 Å². The van der Waals surface area contributed by atoms with Crippen LogP contribution in [0.2, 0.25) is 0 Å². The third-order valence-electron chi connectivity index (χ3n) is 2.72. The smallest absolute Gasteiger partial charge is 0.349 e. The zero-order valence-electron chi connectivity index (χ0n) is 11.1. The summed E-state index contributed by atoms with van der Waals surface area (Å²) in [6.07, 6.45) is 2.69. The molecular weight excluding hydrogens is 290 g/mol. The van der Waals surface area contributed by atoms with Crippen molar-refractivity contribution in [3.63, 3.8) is 0 Å². The van der Waals surface area contributed by atoms with Gasteiger partial charge in [0.1, 0.15) is 4.88 Å². The van der Waals surface area contributed by atoms with Gasteiger partial charge >= 0.3 is 5.97 Å². The summed E-state index contributed by atoms with van der Waals surface area (Å²) in [5.41, 5.74) is 0.740. The molecule has 3 aromatic heterocycles. The van der Waals surface area contributed by atoms with Gasteiger partial charge in [-0.05, 0) is 30.5 Å². The van der Waals surface area contributed by atoms with Gasteiger partial charge in [0.15, 0.2) is 6.10 Å². The Labute approximate surface area is 124 Å². The average Bonchev–Trinajstić information content (AvgIpc) is 3.20. The number of hydrogen-bond donors (Lipinski definition) is 0. The van der Waals surface area contributed by atoms with Crippen molar-refractivity contribution in [1.82, 2.24) is 15.1 Å². The predicted molar refractivity (Wildman–Crippen MR) is 75.7 cm³/mol. The lowest BCUT2D eigenvalue weighted by Crippen LogP contribution is -2.08. The van der Waals surface area contributed by atoms with Crippen LogP contribution in [0.3, 0.4) is 0 Å². The minimum absolute atomic E-state index is 0.249. The molecule has 0 aromatic carbocycles. The number of carbonyl (C=O) groups is 1. The number of esters is 1. The van der Waals surface area contributed by atoms with E-state index in [4.69, 9.17) is 9.26 Å². The van der Waals surface area contributed by atoms with E-state index in [0.29, 0.717) is 10.7 Å². The molecule has 0 bridgehead atoms. The summed E-state index contributed by atoms with van der Waals surface area (Å²) in [6.45, 7) is 1.69. The Morgan fingerprint density at radius 3 is 3.00 bits per heavy atom. The van der Waals surface area contributed by atoms with Crippen molar-refractivity contribution in [1.29, 1.82) is 0 Å². The minimum Gasteiger partial charge on any atom is -0.448 e. The maximum Gasteiger partial charge on any atom is 0.349 e. The van der Waals surface area contributed by atoms with Crippen LogP contribution in [0.15, 0.2) is 46.6 Å². The molecule has 3 rings (SSSR count). The Hall–Kier alpha value is -2.54. The number of hydrogen-bond acceptors (Lipinski definition) is 7. The van der Waals surface area contributed by atoms with Crippen LogP contribution < -0.4 is 0 Å². The van der Waals surface area contributed by atoms with Crippen LogP contribution in [0.5, 0.6) is 0 Å². The van der Waals surface area contributed by atoms with Gasteiger partial charge in [-0.2, -0.15) is 4.98 Å². The summed E-state index contributed by atoms with van der Waals surface area (Å²) >= 11 is 1.32. The summed E-state index contributed by atoms with van der Waals surface area (Å²) < 4.78 is 10.4. The molecule has 0 aliphatic carbocycles. The summed E-state index contributed by atoms with van der Waals surface area (Å²) in [5, 5.41) is 5.68. The standard InChI is InChI=1S/C14H11N3O3S/c1-9(19-14(18)11-5-3-7-21-11)13-16-12(17-20-13)10-4-2-6-15-8-10/h2-9H,1H3. The molecule has 0 saturated carbocycles. The first-order valence-electron chi connectivity index (χ1n) is 6.22. The Kier molecular flexibility index (Phi) is 3.74. The average molecular weight is 301 g/mol. The fourth-order valence-corrected chi connectivity index (χ4v) is 2.28. The van der Waals surface area contributed by atoms with Crippen LogP contribution in [0.25, 0.3) is 11.4 Å². The zero-order chi connectivity index (χ0) is 14.7. The molecule has 106 valence electrons. The summed E-state index contributed by atoms with van der Waals surface area (Å²) in [5.74, 6) is 0.259. The second-order valence-corrected chi connectivity index (χ2v) is 5.17. The highest BCUT2D eigenvalue weighted by Gasteiger charge is 2.20. The van der Waals surface area contributed by atoms with E-state index in [0.717, 1.165) is 5.56 Å². The topological polar surface area (TPSA) is 78.1 Å². The fourth-order valence-electron chi connectivity index (χ4n) is 1.68. The maximum absolute atomic E-state index is 11.9. The molecule has 3 heterocycles. The van der Waals surface area contributed by atoms with E-state index >= 15 is 0 Å². The minimum atomic E-state index is -0.613. The van der Waals surface area contributed by atoms with Crippen LogP contribution in [0, 0.1) is 0 Å². The number of carbonyl (C=O) groups excluding carboxylic acids is 1. The van der Waals surface area contributed by atoms with Gasteiger partial charge in [0.05, 0.1) is 0 Å². The van der Waals surface area contributed by atoms with Crippen molar-refractivity contribution in [2.75, 3.05) is 0 Å². The highest BCUT2D eigenvalue weighted by Crippen LogP contribution is 2.21. The van der Waals surface area contributed by atoms with Crippen LogP contribution in [-0.4, -0.2) is 21.1 Å². The van der Waals surface area contributed by atoms with Gasteiger partial charge in [-0.25, -0.2) is 4.79 Å². The van der Waals surface area contributed by atoms with E-state index < -0.39 is 12.1 Å². The number of nitrogens with zero attached hydrogens (tertiary/aromatic N) is 3. The van der Waals surface area contributed by atoms with E-state index in [1.54, 1.807) is 37.5 Å². The first-order valence-corrected chi connectivity index (χ1v) is 7.10. The van der Waals surface area contributed by atoms with E-state index in [9.17, 15) is 4.79 Å². The zero-order valence-corrected chi connectivity index (χ0v) is 11.9. The Balaban J connectivity index is 1.73. The predicted octanol–water partition coefficient (Wildman–Crippen LogP) is 3.11. The highest BCUT2D eigenvalue weighted by molar-refractivity contribution is 7.11. The van der Waals surface area contributed by atoms with E-state index in [-0.39, 0.29) is 5.89 Å². The first-order chi connectivity index (χ1) is 10.2. The molecule has 0 N–H and O–H groups in total. The molecule has 6 nitrogen and oxygen atoms in total.